The van der Waals surface area contributed by atoms with Gasteiger partial charge in [-0.3, -0.25) is 9.59 Å². The van der Waals surface area contributed by atoms with Crippen LogP contribution in [0.3, 0.4) is 0 Å². The van der Waals surface area contributed by atoms with E-state index in [2.05, 4.69) is 5.32 Å². The minimum atomic E-state index is -4.00. The summed E-state index contributed by atoms with van der Waals surface area (Å²) in [7, 11) is -0.969. The number of amides is 2. The lowest BCUT2D eigenvalue weighted by Gasteiger charge is -2.31. The maximum Gasteiger partial charge on any atom is 0.254 e. The van der Waals surface area contributed by atoms with Gasteiger partial charge in [0.15, 0.2) is 0 Å². The quantitative estimate of drug-likeness (QED) is 0.224. The first kappa shape index (κ1) is 36.0. The summed E-state index contributed by atoms with van der Waals surface area (Å²) >= 11 is 0. The molecule has 1 aliphatic rings. The number of benzene rings is 3. The second kappa shape index (κ2) is 16.3. The van der Waals surface area contributed by atoms with Crippen molar-refractivity contribution in [2.45, 2.75) is 55.9 Å². The molecule has 0 aliphatic carbocycles. The summed E-state index contributed by atoms with van der Waals surface area (Å²) < 4.78 is 39.1. The predicted molar refractivity (Wildman–Crippen MR) is 178 cm³/mol. The molecule has 4 rings (SSSR count). The van der Waals surface area contributed by atoms with Gasteiger partial charge >= 0.3 is 0 Å². The SMILES string of the molecule is COC[C@H]1C[C@H](O)CN1C(=O)c1cccc(C(=O)N[C@@H](Cc2ccccc2)[C@H](O)CN(CC(C)C)S(=O)(=O)c2ccc(OC)cc2)c1. The van der Waals surface area contributed by atoms with Crippen LogP contribution in [0.25, 0.3) is 0 Å². The molecule has 3 aromatic rings. The van der Waals surface area contributed by atoms with E-state index < -0.39 is 34.2 Å². The van der Waals surface area contributed by atoms with Crippen LogP contribution in [0.2, 0.25) is 0 Å². The smallest absolute Gasteiger partial charge is 0.254 e. The summed E-state index contributed by atoms with van der Waals surface area (Å²) in [4.78, 5) is 28.7. The average molecular weight is 668 g/mol. The van der Waals surface area contributed by atoms with Gasteiger partial charge in [-0.15, -0.1) is 0 Å². The van der Waals surface area contributed by atoms with Gasteiger partial charge in [-0.05, 0) is 66.8 Å². The molecule has 3 aromatic carbocycles. The Morgan fingerprint density at radius 1 is 0.979 bits per heavy atom. The molecule has 47 heavy (non-hydrogen) atoms. The zero-order valence-corrected chi connectivity index (χ0v) is 28.1. The Bertz CT molecular complexity index is 1580. The molecule has 4 atom stereocenters. The lowest BCUT2D eigenvalue weighted by atomic mass is 10.00. The Kier molecular flexibility index (Phi) is 12.5. The molecule has 1 heterocycles. The first-order chi connectivity index (χ1) is 22.4. The zero-order valence-electron chi connectivity index (χ0n) is 27.3. The van der Waals surface area contributed by atoms with Crippen molar-refractivity contribution in [1.82, 2.24) is 14.5 Å². The molecule has 12 heteroatoms. The van der Waals surface area contributed by atoms with Gasteiger partial charge < -0.3 is 29.9 Å². The molecule has 0 aromatic heterocycles. The summed E-state index contributed by atoms with van der Waals surface area (Å²) in [6.07, 6.45) is -1.30. The maximum absolute atomic E-state index is 13.7. The van der Waals surface area contributed by atoms with E-state index in [4.69, 9.17) is 9.47 Å². The summed E-state index contributed by atoms with van der Waals surface area (Å²) in [6, 6.07) is 20.5. The van der Waals surface area contributed by atoms with Gasteiger partial charge in [0.2, 0.25) is 10.0 Å². The molecule has 0 bridgehead atoms. The van der Waals surface area contributed by atoms with Gasteiger partial charge in [0, 0.05) is 37.9 Å². The van der Waals surface area contributed by atoms with Crippen LogP contribution in [0.15, 0.2) is 83.8 Å². The number of nitrogens with zero attached hydrogens (tertiary/aromatic N) is 2. The number of hydrogen-bond donors (Lipinski definition) is 3. The standard InChI is InChI=1S/C35H45N3O8S/c1-24(2)20-37(47(43,44)31-15-13-30(46-4)14-16-31)22-33(40)32(17-25-9-6-5-7-10-25)36-34(41)26-11-8-12-27(18-26)35(42)38-21-29(39)19-28(38)23-45-3/h5-16,18,24,28-29,32-33,39-40H,17,19-23H2,1-4H3,(H,36,41)/t28-,29+,32+,33-/m1/s1. The first-order valence-electron chi connectivity index (χ1n) is 15.7. The van der Waals surface area contributed by atoms with Crippen molar-refractivity contribution < 1.29 is 37.7 Å². The van der Waals surface area contributed by atoms with Crippen molar-refractivity contribution in [3.05, 3.63) is 95.6 Å². The van der Waals surface area contributed by atoms with Gasteiger partial charge in [-0.2, -0.15) is 4.31 Å². The van der Waals surface area contributed by atoms with Crippen LogP contribution >= 0.6 is 0 Å². The van der Waals surface area contributed by atoms with E-state index in [1.807, 2.05) is 44.2 Å². The van der Waals surface area contributed by atoms with Crippen LogP contribution in [0.5, 0.6) is 5.75 Å². The number of rotatable bonds is 15. The number of aliphatic hydroxyl groups excluding tert-OH is 2. The third-order valence-corrected chi connectivity index (χ3v) is 9.97. The number of hydrogen-bond acceptors (Lipinski definition) is 8. The van der Waals surface area contributed by atoms with Crippen LogP contribution in [0, 0.1) is 5.92 Å². The van der Waals surface area contributed by atoms with Crippen molar-refractivity contribution in [2.75, 3.05) is 40.5 Å². The highest BCUT2D eigenvalue weighted by Gasteiger charge is 2.35. The van der Waals surface area contributed by atoms with Crippen molar-refractivity contribution in [3.63, 3.8) is 0 Å². The number of carbonyl (C=O) groups excluding carboxylic acids is 2. The Labute approximate surface area is 277 Å². The summed E-state index contributed by atoms with van der Waals surface area (Å²) in [5, 5.41) is 24.7. The second-order valence-corrected chi connectivity index (χ2v) is 14.2. The molecule has 254 valence electrons. The fraction of sp³-hybridized carbons (Fsp3) is 0.429. The summed E-state index contributed by atoms with van der Waals surface area (Å²) in [6.45, 7) is 4.12. The number of aliphatic hydroxyl groups is 2. The van der Waals surface area contributed by atoms with Crippen LogP contribution in [0.1, 0.15) is 46.5 Å². The Morgan fingerprint density at radius 3 is 2.30 bits per heavy atom. The van der Waals surface area contributed by atoms with Crippen molar-refractivity contribution in [3.8, 4) is 5.75 Å². The van der Waals surface area contributed by atoms with Gasteiger partial charge in [0.1, 0.15) is 5.75 Å². The fourth-order valence-electron chi connectivity index (χ4n) is 5.76. The molecule has 3 N–H and O–H groups in total. The fourth-order valence-corrected chi connectivity index (χ4v) is 7.39. The molecule has 11 nitrogen and oxygen atoms in total. The Hall–Kier alpha value is -3.81. The van der Waals surface area contributed by atoms with Crippen LogP contribution in [-0.4, -0.2) is 104 Å². The molecule has 2 amide bonds. The minimum Gasteiger partial charge on any atom is -0.497 e. The molecule has 1 fully saturated rings. The number of β-amino-alcohol motifs (C(OH)–C–C–N with tert-alkyl or cyclic N) is 1. The number of methoxy groups -OCH3 is 2. The molecular weight excluding hydrogens is 622 g/mol. The third-order valence-electron chi connectivity index (χ3n) is 8.12. The van der Waals surface area contributed by atoms with Crippen LogP contribution < -0.4 is 10.1 Å². The molecule has 0 unspecified atom stereocenters. The van der Waals surface area contributed by atoms with Crippen molar-refractivity contribution >= 4 is 21.8 Å². The molecule has 0 radical (unpaired) electrons. The summed E-state index contributed by atoms with van der Waals surface area (Å²) in [5.41, 5.74) is 1.32. The Morgan fingerprint density at radius 2 is 1.66 bits per heavy atom. The van der Waals surface area contributed by atoms with E-state index in [0.29, 0.717) is 12.2 Å². The highest BCUT2D eigenvalue weighted by atomic mass is 32.2. The van der Waals surface area contributed by atoms with Gasteiger partial charge in [0.05, 0.1) is 42.9 Å². The highest BCUT2D eigenvalue weighted by molar-refractivity contribution is 7.89. The lowest BCUT2D eigenvalue weighted by molar-refractivity contribution is 0.0622. The van der Waals surface area contributed by atoms with Crippen molar-refractivity contribution in [1.29, 1.82) is 0 Å². The largest absolute Gasteiger partial charge is 0.497 e. The number of sulfonamides is 1. The molecular formula is C35H45N3O8S. The van der Waals surface area contributed by atoms with E-state index >= 15 is 0 Å². The van der Waals surface area contributed by atoms with Gasteiger partial charge in [0.25, 0.3) is 11.8 Å². The maximum atomic E-state index is 13.7. The Balaban J connectivity index is 1.58. The van der Waals surface area contributed by atoms with E-state index in [1.54, 1.807) is 35.2 Å². The number of ether oxygens (including phenoxy) is 2. The minimum absolute atomic E-state index is 0.0436. The molecule has 1 saturated heterocycles. The highest BCUT2D eigenvalue weighted by Crippen LogP contribution is 2.23. The van der Waals surface area contributed by atoms with E-state index in [9.17, 15) is 28.2 Å². The lowest BCUT2D eigenvalue weighted by Crippen LogP contribution is -2.51. The van der Waals surface area contributed by atoms with Gasteiger partial charge in [-0.1, -0.05) is 50.2 Å². The molecule has 1 aliphatic heterocycles. The number of likely N-dealkylation sites (tertiary alicyclic amines) is 1. The summed E-state index contributed by atoms with van der Waals surface area (Å²) in [5.74, 6) is -0.378. The van der Waals surface area contributed by atoms with Crippen LogP contribution in [0.4, 0.5) is 0 Å². The third kappa shape index (κ3) is 9.39. The first-order valence-corrected chi connectivity index (χ1v) is 17.1. The molecule has 0 spiro atoms. The number of nitrogens with one attached hydrogen (secondary N) is 1. The van der Waals surface area contributed by atoms with E-state index in [1.165, 1.54) is 36.7 Å². The van der Waals surface area contributed by atoms with E-state index in [-0.39, 0.29) is 66.6 Å². The topological polar surface area (TPSA) is 146 Å². The number of carbonyl (C=O) groups is 2. The molecule has 0 saturated carbocycles. The predicted octanol–water partition coefficient (Wildman–Crippen LogP) is 2.97. The second-order valence-electron chi connectivity index (χ2n) is 12.3. The monoisotopic (exact) mass is 667 g/mol. The zero-order chi connectivity index (χ0) is 34.1. The van der Waals surface area contributed by atoms with Gasteiger partial charge in [-0.25, -0.2) is 8.42 Å². The average Bonchev–Trinajstić information content (AvgIpc) is 3.43. The normalized spacial score (nSPS) is 17.9. The van der Waals surface area contributed by atoms with Crippen LogP contribution in [-0.2, 0) is 21.2 Å². The van der Waals surface area contributed by atoms with E-state index in [0.717, 1.165) is 5.56 Å². The van der Waals surface area contributed by atoms with Crippen molar-refractivity contribution in [2.24, 2.45) is 5.92 Å².